The van der Waals surface area contributed by atoms with Crippen molar-refractivity contribution in [1.82, 2.24) is 19.0 Å². The van der Waals surface area contributed by atoms with E-state index in [9.17, 15) is 4.79 Å². The summed E-state index contributed by atoms with van der Waals surface area (Å²) in [7, 11) is 0. The minimum absolute atomic E-state index is 0.0552. The number of likely N-dealkylation sites (tertiary alicyclic amines) is 1. The summed E-state index contributed by atoms with van der Waals surface area (Å²) in [5, 5.41) is 4.77. The summed E-state index contributed by atoms with van der Waals surface area (Å²) in [6, 6.07) is 15.0. The molecule has 4 aromatic rings. The molecule has 0 bridgehead atoms. The molecule has 1 aliphatic carbocycles. The number of amides is 1. The Bertz CT molecular complexity index is 1430. The van der Waals surface area contributed by atoms with Gasteiger partial charge in [0.1, 0.15) is 0 Å². The summed E-state index contributed by atoms with van der Waals surface area (Å²) in [4.78, 5) is 20.4. The number of rotatable bonds is 4. The summed E-state index contributed by atoms with van der Waals surface area (Å²) in [6.07, 6.45) is 4.56. The number of para-hydroxylation sites is 1. The number of anilines is 1. The van der Waals surface area contributed by atoms with E-state index < -0.39 is 0 Å². The Morgan fingerprint density at radius 3 is 2.85 bits per heavy atom. The van der Waals surface area contributed by atoms with E-state index in [1.165, 1.54) is 29.4 Å². The van der Waals surface area contributed by atoms with Crippen LogP contribution in [0.15, 0.2) is 42.5 Å². The number of piperidine rings is 1. The van der Waals surface area contributed by atoms with Crippen molar-refractivity contribution in [3.8, 4) is 11.5 Å². The zero-order chi connectivity index (χ0) is 22.8. The van der Waals surface area contributed by atoms with Crippen LogP contribution in [0.4, 0.5) is 5.69 Å². The molecule has 1 unspecified atom stereocenters. The topological polar surface area (TPSA) is 81.1 Å². The number of nitrogens with two attached hydrogens (primary N) is 1. The van der Waals surface area contributed by atoms with Crippen LogP contribution in [0, 0.1) is 5.92 Å². The Labute approximate surface area is 198 Å². The summed E-state index contributed by atoms with van der Waals surface area (Å²) >= 11 is 0. The third-order valence-corrected chi connectivity index (χ3v) is 7.66. The monoisotopic (exact) mass is 454 g/mol. The number of carbonyl (C=O) groups is 1. The van der Waals surface area contributed by atoms with Crippen molar-refractivity contribution in [2.75, 3.05) is 25.0 Å². The van der Waals surface area contributed by atoms with Crippen molar-refractivity contribution in [2.24, 2.45) is 11.7 Å². The molecule has 7 nitrogen and oxygen atoms in total. The first kappa shape index (κ1) is 20.1. The minimum atomic E-state index is 0.0552. The van der Waals surface area contributed by atoms with Crippen LogP contribution in [0.1, 0.15) is 36.0 Å². The van der Waals surface area contributed by atoms with Gasteiger partial charge in [-0.3, -0.25) is 4.79 Å². The van der Waals surface area contributed by atoms with E-state index in [1.54, 1.807) is 0 Å². The normalized spacial score (nSPS) is 20.1. The lowest BCUT2D eigenvalue weighted by molar-refractivity contribution is 0.0709. The predicted molar refractivity (Wildman–Crippen MR) is 135 cm³/mol. The van der Waals surface area contributed by atoms with Crippen LogP contribution in [0.5, 0.6) is 0 Å². The van der Waals surface area contributed by atoms with Gasteiger partial charge >= 0.3 is 0 Å². The van der Waals surface area contributed by atoms with Gasteiger partial charge in [-0.2, -0.15) is 0 Å². The van der Waals surface area contributed by atoms with Crippen molar-refractivity contribution in [2.45, 2.75) is 44.8 Å². The lowest BCUT2D eigenvalue weighted by Gasteiger charge is -2.31. The van der Waals surface area contributed by atoms with E-state index in [4.69, 9.17) is 10.7 Å². The number of aromatic nitrogens is 3. The molecular formula is C27H30N6O. The van der Waals surface area contributed by atoms with Gasteiger partial charge in [0.25, 0.3) is 5.91 Å². The lowest BCUT2D eigenvalue weighted by Crippen LogP contribution is -2.45. The first-order valence-corrected chi connectivity index (χ1v) is 12.6. The molecule has 7 heteroatoms. The molecule has 3 aliphatic rings. The van der Waals surface area contributed by atoms with E-state index in [0.717, 1.165) is 67.5 Å². The maximum Gasteiger partial charge on any atom is 0.254 e. The van der Waals surface area contributed by atoms with Gasteiger partial charge in [0, 0.05) is 55.2 Å². The Kier molecular flexibility index (Phi) is 4.49. The molecule has 1 amide bonds. The van der Waals surface area contributed by atoms with Gasteiger partial charge in [0.2, 0.25) is 0 Å². The van der Waals surface area contributed by atoms with E-state index >= 15 is 0 Å². The molecule has 7 rings (SSSR count). The zero-order valence-electron chi connectivity index (χ0n) is 19.3. The van der Waals surface area contributed by atoms with Gasteiger partial charge in [-0.25, -0.2) is 4.98 Å². The molecule has 2 aliphatic heterocycles. The van der Waals surface area contributed by atoms with Gasteiger partial charge in [-0.15, -0.1) is 0 Å². The summed E-state index contributed by atoms with van der Waals surface area (Å²) < 4.78 is 4.80. The molecule has 0 spiro atoms. The van der Waals surface area contributed by atoms with Crippen molar-refractivity contribution in [1.29, 1.82) is 0 Å². The van der Waals surface area contributed by atoms with Crippen LogP contribution in [-0.4, -0.2) is 50.6 Å². The molecule has 1 atom stereocenters. The number of fused-ring (bicyclic) bond motifs is 1. The summed E-state index contributed by atoms with van der Waals surface area (Å²) in [6.45, 7) is 4.11. The fraction of sp³-hybridized carbons (Fsp3) is 0.407. The molecule has 1 saturated carbocycles. The van der Waals surface area contributed by atoms with Crippen LogP contribution >= 0.6 is 0 Å². The van der Waals surface area contributed by atoms with Gasteiger partial charge in [-0.1, -0.05) is 18.2 Å². The third kappa shape index (κ3) is 3.21. The number of carbonyl (C=O) groups excluding carboxylic acids is 1. The Morgan fingerprint density at radius 1 is 1.12 bits per heavy atom. The first-order chi connectivity index (χ1) is 16.7. The number of hydrogen-bond donors (Lipinski definition) is 2. The molecule has 0 radical (unpaired) electrons. The van der Waals surface area contributed by atoms with Crippen LogP contribution < -0.4 is 11.1 Å². The second-order valence-electron chi connectivity index (χ2n) is 10.2. The van der Waals surface area contributed by atoms with E-state index in [-0.39, 0.29) is 11.9 Å². The van der Waals surface area contributed by atoms with Gasteiger partial charge in [-0.05, 0) is 55.9 Å². The number of nitrogens with one attached hydrogen (secondary N) is 1. The molecule has 4 heterocycles. The molecular weight excluding hydrogens is 424 g/mol. The Hall–Kier alpha value is -3.32. The Balaban J connectivity index is 1.36. The van der Waals surface area contributed by atoms with Crippen molar-refractivity contribution >= 4 is 33.5 Å². The van der Waals surface area contributed by atoms with Crippen molar-refractivity contribution in [3.05, 3.63) is 48.0 Å². The summed E-state index contributed by atoms with van der Waals surface area (Å²) in [5.74, 6) is 1.82. The highest BCUT2D eigenvalue weighted by Gasteiger charge is 2.28. The van der Waals surface area contributed by atoms with Crippen LogP contribution in [0.3, 0.4) is 0 Å². The van der Waals surface area contributed by atoms with Crippen LogP contribution in [-0.2, 0) is 13.1 Å². The van der Waals surface area contributed by atoms with Crippen molar-refractivity contribution < 1.29 is 4.79 Å². The highest BCUT2D eigenvalue weighted by molar-refractivity contribution is 6.03. The fourth-order valence-corrected chi connectivity index (χ4v) is 5.77. The standard InChI is InChI=1S/C27H30N6O/c28-20-5-3-10-31(16-20)27(34)19-12-21-25-22(13-19)30-26(32(25)11-9-29-21)24-14-18-4-1-2-6-23(18)33(24)15-17-7-8-17/h1-2,4,6,12-14,17,20,29H,3,5,7-11,15-16,28H2. The van der Waals surface area contributed by atoms with Crippen LogP contribution in [0.2, 0.25) is 0 Å². The quantitative estimate of drug-likeness (QED) is 0.487. The lowest BCUT2D eigenvalue weighted by atomic mass is 10.0. The van der Waals surface area contributed by atoms with E-state index in [2.05, 4.69) is 44.8 Å². The Morgan fingerprint density at radius 2 is 2.00 bits per heavy atom. The molecule has 2 fully saturated rings. The van der Waals surface area contributed by atoms with Crippen molar-refractivity contribution in [3.63, 3.8) is 0 Å². The highest BCUT2D eigenvalue weighted by Crippen LogP contribution is 2.38. The predicted octanol–water partition coefficient (Wildman–Crippen LogP) is 4.06. The van der Waals surface area contributed by atoms with E-state index in [0.29, 0.717) is 12.1 Å². The van der Waals surface area contributed by atoms with Gasteiger partial charge < -0.3 is 25.1 Å². The maximum atomic E-state index is 13.3. The third-order valence-electron chi connectivity index (χ3n) is 7.66. The second-order valence-corrected chi connectivity index (χ2v) is 10.2. The molecule has 34 heavy (non-hydrogen) atoms. The second kappa shape index (κ2) is 7.60. The molecule has 3 N–H and O–H groups in total. The maximum absolute atomic E-state index is 13.3. The molecule has 2 aromatic carbocycles. The largest absolute Gasteiger partial charge is 0.381 e. The average molecular weight is 455 g/mol. The zero-order valence-corrected chi connectivity index (χ0v) is 19.3. The van der Waals surface area contributed by atoms with Gasteiger partial charge in [0.15, 0.2) is 5.82 Å². The number of hydrogen-bond acceptors (Lipinski definition) is 4. The fourth-order valence-electron chi connectivity index (χ4n) is 5.77. The summed E-state index contributed by atoms with van der Waals surface area (Å²) in [5.41, 5.74) is 12.3. The number of nitrogens with zero attached hydrogens (tertiary/aromatic N) is 4. The van der Waals surface area contributed by atoms with Crippen LogP contribution in [0.25, 0.3) is 33.5 Å². The molecule has 174 valence electrons. The van der Waals surface area contributed by atoms with Gasteiger partial charge in [0.05, 0.1) is 22.4 Å². The SMILES string of the molecule is NC1CCCN(C(=O)c2cc3c4c(c2)nc(-c2cc5ccccc5n2CC2CC2)n4CCN3)C1. The molecule has 2 aromatic heterocycles. The van der Waals surface area contributed by atoms with E-state index in [1.807, 2.05) is 17.0 Å². The average Bonchev–Trinajstić information content (AvgIpc) is 3.50. The smallest absolute Gasteiger partial charge is 0.254 e. The number of imidazole rings is 1. The first-order valence-electron chi connectivity index (χ1n) is 12.6. The highest BCUT2D eigenvalue weighted by atomic mass is 16.2. The number of benzene rings is 2. The minimum Gasteiger partial charge on any atom is -0.381 e. The molecule has 1 saturated heterocycles.